The Bertz CT molecular complexity index is 540. The van der Waals surface area contributed by atoms with Gasteiger partial charge in [-0.2, -0.15) is 0 Å². The van der Waals surface area contributed by atoms with E-state index in [1.54, 1.807) is 0 Å². The minimum absolute atomic E-state index is 0.540. The zero-order chi connectivity index (χ0) is 13.7. The Morgan fingerprint density at radius 2 is 1.84 bits per heavy atom. The fraction of sp³-hybridized carbons (Fsp3) is 0.250. The summed E-state index contributed by atoms with van der Waals surface area (Å²) in [6.45, 7) is 2.68. The molecule has 0 saturated heterocycles. The second kappa shape index (κ2) is 6.62. The quantitative estimate of drug-likeness (QED) is 0.658. The first-order chi connectivity index (χ1) is 9.26. The fourth-order valence-electron chi connectivity index (χ4n) is 2.06. The van der Waals surface area contributed by atoms with Crippen molar-refractivity contribution in [2.45, 2.75) is 25.3 Å². The van der Waals surface area contributed by atoms with Crippen molar-refractivity contribution in [3.63, 3.8) is 0 Å². The van der Waals surface area contributed by atoms with Gasteiger partial charge in [0.2, 0.25) is 0 Å². The van der Waals surface area contributed by atoms with Gasteiger partial charge in [-0.25, -0.2) is 0 Å². The molecule has 0 spiro atoms. The number of nitrogen functional groups attached to an aromatic ring is 1. The van der Waals surface area contributed by atoms with Gasteiger partial charge in [0, 0.05) is 10.9 Å². The maximum absolute atomic E-state index is 6.04. The van der Waals surface area contributed by atoms with E-state index < -0.39 is 0 Å². The molecular weight excluding hydrogens is 302 g/mol. The second-order valence-electron chi connectivity index (χ2n) is 4.38. The van der Waals surface area contributed by atoms with Gasteiger partial charge in [0.05, 0.1) is 5.69 Å². The molecule has 0 aliphatic carbocycles. The van der Waals surface area contributed by atoms with E-state index in [0.717, 1.165) is 28.6 Å². The highest BCUT2D eigenvalue weighted by atomic mass is 79.9. The van der Waals surface area contributed by atoms with Gasteiger partial charge < -0.3 is 10.5 Å². The normalized spacial score (nSPS) is 10.4. The van der Waals surface area contributed by atoms with E-state index in [-0.39, 0.29) is 0 Å². The highest BCUT2D eigenvalue weighted by Gasteiger charge is 2.11. The van der Waals surface area contributed by atoms with E-state index in [1.807, 2.05) is 36.4 Å². The lowest BCUT2D eigenvalue weighted by Crippen LogP contribution is -2.03. The van der Waals surface area contributed by atoms with E-state index in [0.29, 0.717) is 12.3 Å². The van der Waals surface area contributed by atoms with Crippen molar-refractivity contribution < 1.29 is 4.74 Å². The van der Waals surface area contributed by atoms with E-state index in [9.17, 15) is 0 Å². The molecule has 0 aliphatic rings. The summed E-state index contributed by atoms with van der Waals surface area (Å²) in [5, 5.41) is 0.755. The molecule has 2 aromatic carbocycles. The molecule has 0 radical (unpaired) electrons. The van der Waals surface area contributed by atoms with Crippen LogP contribution in [0.2, 0.25) is 0 Å². The molecule has 0 aliphatic heterocycles. The highest BCUT2D eigenvalue weighted by Crippen LogP contribution is 2.32. The van der Waals surface area contributed by atoms with Crippen LogP contribution in [0.1, 0.15) is 23.6 Å². The molecular formula is C16H18BrNO. The van der Waals surface area contributed by atoms with Crippen LogP contribution in [-0.4, -0.2) is 0 Å². The maximum atomic E-state index is 6.04. The summed E-state index contributed by atoms with van der Waals surface area (Å²) < 4.78 is 5.93. The standard InChI is InChI=1S/C16H18BrNO/c1-2-13-8-9-15(18)16(14(13)10-17)19-11-12-6-4-3-5-7-12/h3-9H,2,10-11,18H2,1H3. The lowest BCUT2D eigenvalue weighted by molar-refractivity contribution is 0.305. The molecule has 0 bridgehead atoms. The third-order valence-corrected chi connectivity index (χ3v) is 3.69. The zero-order valence-electron chi connectivity index (χ0n) is 11.0. The first kappa shape index (κ1) is 13.9. The molecule has 2 rings (SSSR count). The van der Waals surface area contributed by atoms with Crippen molar-refractivity contribution in [3.8, 4) is 5.75 Å². The van der Waals surface area contributed by atoms with Crippen LogP contribution in [0, 0.1) is 0 Å². The van der Waals surface area contributed by atoms with Gasteiger partial charge in [-0.15, -0.1) is 0 Å². The van der Waals surface area contributed by atoms with E-state index in [2.05, 4.69) is 28.9 Å². The minimum atomic E-state index is 0.540. The smallest absolute Gasteiger partial charge is 0.147 e. The molecule has 100 valence electrons. The molecule has 0 fully saturated rings. The van der Waals surface area contributed by atoms with Crippen LogP contribution in [0.25, 0.3) is 0 Å². The molecule has 2 N–H and O–H groups in total. The maximum Gasteiger partial charge on any atom is 0.147 e. The number of alkyl halides is 1. The molecule has 19 heavy (non-hydrogen) atoms. The summed E-state index contributed by atoms with van der Waals surface area (Å²) in [6.07, 6.45) is 0.975. The van der Waals surface area contributed by atoms with Crippen molar-refractivity contribution >= 4 is 21.6 Å². The Hall–Kier alpha value is -1.48. The molecule has 0 saturated carbocycles. The minimum Gasteiger partial charge on any atom is -0.486 e. The lowest BCUT2D eigenvalue weighted by Gasteiger charge is -2.15. The Morgan fingerprint density at radius 3 is 2.47 bits per heavy atom. The molecule has 2 aromatic rings. The Morgan fingerprint density at radius 1 is 1.11 bits per heavy atom. The van der Waals surface area contributed by atoms with E-state index in [4.69, 9.17) is 10.5 Å². The first-order valence-electron chi connectivity index (χ1n) is 6.39. The molecule has 0 heterocycles. The van der Waals surface area contributed by atoms with Crippen molar-refractivity contribution in [1.29, 1.82) is 0 Å². The molecule has 0 atom stereocenters. The summed E-state index contributed by atoms with van der Waals surface area (Å²) >= 11 is 3.52. The highest BCUT2D eigenvalue weighted by molar-refractivity contribution is 9.08. The number of halogens is 1. The van der Waals surface area contributed by atoms with Crippen LogP contribution in [0.4, 0.5) is 5.69 Å². The molecule has 3 heteroatoms. The summed E-state index contributed by atoms with van der Waals surface area (Å²) in [5.41, 5.74) is 10.3. The van der Waals surface area contributed by atoms with Gasteiger partial charge in [0.15, 0.2) is 0 Å². The number of ether oxygens (including phenoxy) is 1. The monoisotopic (exact) mass is 319 g/mol. The van der Waals surface area contributed by atoms with Gasteiger partial charge in [0.25, 0.3) is 0 Å². The molecule has 0 unspecified atom stereocenters. The number of benzene rings is 2. The van der Waals surface area contributed by atoms with E-state index in [1.165, 1.54) is 5.56 Å². The Labute approximate surface area is 122 Å². The molecule has 0 amide bonds. The van der Waals surface area contributed by atoms with Gasteiger partial charge in [-0.3, -0.25) is 0 Å². The van der Waals surface area contributed by atoms with Gasteiger partial charge >= 0.3 is 0 Å². The lowest BCUT2D eigenvalue weighted by atomic mass is 10.0. The molecule has 2 nitrogen and oxygen atoms in total. The summed E-state index contributed by atoms with van der Waals surface area (Å²) in [4.78, 5) is 0. The van der Waals surface area contributed by atoms with Crippen LogP contribution in [-0.2, 0) is 18.4 Å². The van der Waals surface area contributed by atoms with Crippen molar-refractivity contribution in [1.82, 2.24) is 0 Å². The third-order valence-electron chi connectivity index (χ3n) is 3.13. The van der Waals surface area contributed by atoms with Gasteiger partial charge in [-0.05, 0) is 23.6 Å². The first-order valence-corrected chi connectivity index (χ1v) is 7.51. The second-order valence-corrected chi connectivity index (χ2v) is 4.94. The Balaban J connectivity index is 2.24. The SMILES string of the molecule is CCc1ccc(N)c(OCc2ccccc2)c1CBr. The van der Waals surface area contributed by atoms with Crippen molar-refractivity contribution in [2.24, 2.45) is 0 Å². The van der Waals surface area contributed by atoms with Crippen LogP contribution < -0.4 is 10.5 Å². The number of nitrogens with two attached hydrogens (primary N) is 1. The van der Waals surface area contributed by atoms with Crippen molar-refractivity contribution in [2.75, 3.05) is 5.73 Å². The predicted molar refractivity (Wildman–Crippen MR) is 83.6 cm³/mol. The number of rotatable bonds is 5. The number of hydrogen-bond donors (Lipinski definition) is 1. The van der Waals surface area contributed by atoms with Crippen LogP contribution in [0.15, 0.2) is 42.5 Å². The predicted octanol–water partition coefficient (Wildman–Crippen LogP) is 4.31. The summed E-state index contributed by atoms with van der Waals surface area (Å²) in [5.74, 6) is 0.806. The third kappa shape index (κ3) is 3.29. The number of hydrogen-bond acceptors (Lipinski definition) is 2. The van der Waals surface area contributed by atoms with Crippen molar-refractivity contribution in [3.05, 3.63) is 59.2 Å². The largest absolute Gasteiger partial charge is 0.486 e. The summed E-state index contributed by atoms with van der Waals surface area (Å²) in [7, 11) is 0. The van der Waals surface area contributed by atoms with Crippen LogP contribution in [0.3, 0.4) is 0 Å². The van der Waals surface area contributed by atoms with Gasteiger partial charge in [0.1, 0.15) is 12.4 Å². The molecule has 0 aromatic heterocycles. The number of aryl methyl sites for hydroxylation is 1. The average molecular weight is 320 g/mol. The fourth-order valence-corrected chi connectivity index (χ4v) is 2.68. The van der Waals surface area contributed by atoms with Crippen LogP contribution >= 0.6 is 15.9 Å². The summed E-state index contributed by atoms with van der Waals surface area (Å²) in [6, 6.07) is 14.1. The Kier molecular flexibility index (Phi) is 4.86. The van der Waals surface area contributed by atoms with Gasteiger partial charge in [-0.1, -0.05) is 59.3 Å². The van der Waals surface area contributed by atoms with E-state index >= 15 is 0 Å². The zero-order valence-corrected chi connectivity index (χ0v) is 12.6. The average Bonchev–Trinajstić information content (AvgIpc) is 2.46. The topological polar surface area (TPSA) is 35.2 Å². The van der Waals surface area contributed by atoms with Crippen LogP contribution in [0.5, 0.6) is 5.75 Å². The number of anilines is 1.